The molecule has 0 unspecified atom stereocenters. The third-order valence-corrected chi connectivity index (χ3v) is 5.10. The Morgan fingerprint density at radius 2 is 2.05 bits per heavy atom. The predicted octanol–water partition coefficient (Wildman–Crippen LogP) is 3.69. The molecule has 0 saturated heterocycles. The van der Waals surface area contributed by atoms with Crippen molar-refractivity contribution in [2.75, 3.05) is 0 Å². The van der Waals surface area contributed by atoms with Gasteiger partial charge in [0.25, 0.3) is 0 Å². The summed E-state index contributed by atoms with van der Waals surface area (Å²) in [4.78, 5) is 15.7. The molecular formula is C15H12N2OS2. The Labute approximate surface area is 124 Å². The van der Waals surface area contributed by atoms with Crippen molar-refractivity contribution in [1.82, 2.24) is 4.98 Å². The number of para-hydroxylation sites is 1. The Bertz CT molecular complexity index is 734. The summed E-state index contributed by atoms with van der Waals surface area (Å²) in [5, 5.41) is 0. The first-order chi connectivity index (χ1) is 9.72. The maximum atomic E-state index is 11.1. The average molecular weight is 300 g/mol. The number of thioether (sulfide) groups is 1. The molecule has 20 heavy (non-hydrogen) atoms. The summed E-state index contributed by atoms with van der Waals surface area (Å²) in [6.07, 6.45) is 0. The van der Waals surface area contributed by atoms with Crippen molar-refractivity contribution >= 4 is 39.2 Å². The fourth-order valence-corrected chi connectivity index (χ4v) is 3.88. The van der Waals surface area contributed by atoms with Crippen LogP contribution in [0, 0.1) is 0 Å². The number of benzene rings is 2. The van der Waals surface area contributed by atoms with Crippen LogP contribution in [0.15, 0.2) is 52.9 Å². The highest BCUT2D eigenvalue weighted by Gasteiger charge is 2.05. The number of nitrogens with zero attached hydrogens (tertiary/aromatic N) is 1. The van der Waals surface area contributed by atoms with Gasteiger partial charge in [0.15, 0.2) is 4.34 Å². The number of rotatable bonds is 4. The minimum atomic E-state index is -0.392. The molecule has 100 valence electrons. The van der Waals surface area contributed by atoms with Crippen LogP contribution in [0.2, 0.25) is 0 Å². The van der Waals surface area contributed by atoms with Crippen molar-refractivity contribution in [3.05, 3.63) is 59.7 Å². The van der Waals surface area contributed by atoms with E-state index in [0.29, 0.717) is 5.56 Å². The number of carbonyl (C=O) groups excluding carboxylic acids is 1. The topological polar surface area (TPSA) is 56.0 Å². The minimum Gasteiger partial charge on any atom is -0.366 e. The molecule has 1 heterocycles. The van der Waals surface area contributed by atoms with Crippen LogP contribution in [0.5, 0.6) is 0 Å². The van der Waals surface area contributed by atoms with Crippen LogP contribution in [-0.4, -0.2) is 10.9 Å². The van der Waals surface area contributed by atoms with Gasteiger partial charge in [-0.05, 0) is 29.8 Å². The highest BCUT2D eigenvalue weighted by atomic mass is 32.2. The number of hydrogen-bond acceptors (Lipinski definition) is 4. The van der Waals surface area contributed by atoms with Gasteiger partial charge in [-0.3, -0.25) is 4.79 Å². The van der Waals surface area contributed by atoms with E-state index in [1.54, 1.807) is 29.2 Å². The van der Waals surface area contributed by atoms with E-state index in [-0.39, 0.29) is 0 Å². The third kappa shape index (κ3) is 2.84. The standard InChI is InChI=1S/C15H12N2OS2/c16-14(18)11-5-3-4-10(8-11)9-19-15-17-12-6-1-2-7-13(12)20-15/h1-8H,9H2,(H2,16,18). The summed E-state index contributed by atoms with van der Waals surface area (Å²) in [5.41, 5.74) is 7.94. The fraction of sp³-hybridized carbons (Fsp3) is 0.0667. The van der Waals surface area contributed by atoms with Crippen molar-refractivity contribution in [2.24, 2.45) is 5.73 Å². The first-order valence-electron chi connectivity index (χ1n) is 6.09. The van der Waals surface area contributed by atoms with E-state index < -0.39 is 5.91 Å². The average Bonchev–Trinajstić information content (AvgIpc) is 2.88. The van der Waals surface area contributed by atoms with Gasteiger partial charge in [-0.15, -0.1) is 11.3 Å². The molecule has 0 fully saturated rings. The number of amides is 1. The lowest BCUT2D eigenvalue weighted by molar-refractivity contribution is 0.1000. The van der Waals surface area contributed by atoms with Crippen molar-refractivity contribution < 1.29 is 4.79 Å². The first-order valence-corrected chi connectivity index (χ1v) is 7.90. The molecule has 0 radical (unpaired) electrons. The molecule has 3 nitrogen and oxygen atoms in total. The Morgan fingerprint density at radius 1 is 1.20 bits per heavy atom. The second kappa shape index (κ2) is 5.64. The molecule has 0 spiro atoms. The van der Waals surface area contributed by atoms with Crippen molar-refractivity contribution in [3.8, 4) is 0 Å². The molecule has 0 atom stereocenters. The van der Waals surface area contributed by atoms with Crippen LogP contribution >= 0.6 is 23.1 Å². The van der Waals surface area contributed by atoms with Crippen molar-refractivity contribution in [1.29, 1.82) is 0 Å². The zero-order chi connectivity index (χ0) is 13.9. The Morgan fingerprint density at radius 3 is 2.85 bits per heavy atom. The van der Waals surface area contributed by atoms with Gasteiger partial charge in [0.05, 0.1) is 10.2 Å². The van der Waals surface area contributed by atoms with Crippen LogP contribution in [0.4, 0.5) is 0 Å². The SMILES string of the molecule is NC(=O)c1cccc(CSc2nc3ccccc3s2)c1. The molecule has 0 aliphatic carbocycles. The van der Waals surface area contributed by atoms with Gasteiger partial charge in [0, 0.05) is 11.3 Å². The van der Waals surface area contributed by atoms with Gasteiger partial charge in [-0.25, -0.2) is 4.98 Å². The van der Waals surface area contributed by atoms with Gasteiger partial charge in [-0.1, -0.05) is 36.0 Å². The summed E-state index contributed by atoms with van der Waals surface area (Å²) in [5.74, 6) is 0.387. The number of thiazole rings is 1. The largest absolute Gasteiger partial charge is 0.366 e. The van der Waals surface area contributed by atoms with Crippen LogP contribution in [-0.2, 0) is 5.75 Å². The maximum Gasteiger partial charge on any atom is 0.248 e. The van der Waals surface area contributed by atoms with E-state index in [0.717, 1.165) is 21.2 Å². The molecule has 0 aliphatic heterocycles. The summed E-state index contributed by atoms with van der Waals surface area (Å²) >= 11 is 3.36. The molecule has 3 aromatic rings. The number of hydrogen-bond donors (Lipinski definition) is 1. The second-order valence-electron chi connectivity index (χ2n) is 4.30. The number of primary amides is 1. The van der Waals surface area contributed by atoms with Gasteiger partial charge in [-0.2, -0.15) is 0 Å². The zero-order valence-electron chi connectivity index (χ0n) is 10.6. The van der Waals surface area contributed by atoms with Gasteiger partial charge in [0.2, 0.25) is 5.91 Å². The van der Waals surface area contributed by atoms with Crippen LogP contribution in [0.25, 0.3) is 10.2 Å². The molecule has 0 aliphatic rings. The van der Waals surface area contributed by atoms with E-state index >= 15 is 0 Å². The first kappa shape index (κ1) is 13.1. The molecular weight excluding hydrogens is 288 g/mol. The van der Waals surface area contributed by atoms with Crippen LogP contribution in [0.1, 0.15) is 15.9 Å². The lowest BCUT2D eigenvalue weighted by atomic mass is 10.1. The quantitative estimate of drug-likeness (QED) is 0.748. The monoisotopic (exact) mass is 300 g/mol. The predicted molar refractivity (Wildman–Crippen MR) is 84.1 cm³/mol. The van der Waals surface area contributed by atoms with Gasteiger partial charge < -0.3 is 5.73 Å². The molecule has 2 N–H and O–H groups in total. The van der Waals surface area contributed by atoms with E-state index in [4.69, 9.17) is 5.73 Å². The van der Waals surface area contributed by atoms with E-state index in [1.165, 1.54) is 4.70 Å². The van der Waals surface area contributed by atoms with Crippen LogP contribution < -0.4 is 5.73 Å². The maximum absolute atomic E-state index is 11.1. The second-order valence-corrected chi connectivity index (χ2v) is 6.55. The molecule has 0 bridgehead atoms. The van der Waals surface area contributed by atoms with Crippen molar-refractivity contribution in [3.63, 3.8) is 0 Å². The van der Waals surface area contributed by atoms with Crippen molar-refractivity contribution in [2.45, 2.75) is 10.1 Å². The normalized spacial score (nSPS) is 10.8. The number of nitrogens with two attached hydrogens (primary N) is 1. The molecule has 5 heteroatoms. The minimum absolute atomic E-state index is 0.392. The fourth-order valence-electron chi connectivity index (χ4n) is 1.87. The van der Waals surface area contributed by atoms with Gasteiger partial charge >= 0.3 is 0 Å². The third-order valence-electron chi connectivity index (χ3n) is 2.85. The molecule has 1 aromatic heterocycles. The summed E-state index contributed by atoms with van der Waals surface area (Å²) in [6, 6.07) is 15.5. The Kier molecular flexibility index (Phi) is 3.71. The number of fused-ring (bicyclic) bond motifs is 1. The Balaban J connectivity index is 1.75. The van der Waals surface area contributed by atoms with E-state index in [2.05, 4.69) is 11.1 Å². The molecule has 0 saturated carbocycles. The summed E-state index contributed by atoms with van der Waals surface area (Å²) in [7, 11) is 0. The smallest absolute Gasteiger partial charge is 0.248 e. The van der Waals surface area contributed by atoms with Gasteiger partial charge in [0.1, 0.15) is 0 Å². The lowest BCUT2D eigenvalue weighted by Crippen LogP contribution is -2.10. The highest BCUT2D eigenvalue weighted by Crippen LogP contribution is 2.31. The summed E-state index contributed by atoms with van der Waals surface area (Å²) in [6.45, 7) is 0. The molecule has 2 aromatic carbocycles. The number of carbonyl (C=O) groups is 1. The molecule has 3 rings (SSSR count). The number of aromatic nitrogens is 1. The summed E-state index contributed by atoms with van der Waals surface area (Å²) < 4.78 is 2.23. The van der Waals surface area contributed by atoms with E-state index in [1.807, 2.05) is 36.4 Å². The van der Waals surface area contributed by atoms with E-state index in [9.17, 15) is 4.79 Å². The Hall–Kier alpha value is -1.85. The lowest BCUT2D eigenvalue weighted by Gasteiger charge is -2.01. The zero-order valence-corrected chi connectivity index (χ0v) is 12.2. The van der Waals surface area contributed by atoms with Crippen LogP contribution in [0.3, 0.4) is 0 Å². The molecule has 1 amide bonds. The highest BCUT2D eigenvalue weighted by molar-refractivity contribution is 8.00.